The van der Waals surface area contributed by atoms with Crippen LogP contribution in [0.1, 0.15) is 33.1 Å². The molecule has 0 saturated heterocycles. The average molecular weight is 294 g/mol. The first-order valence-corrected chi connectivity index (χ1v) is 7.07. The van der Waals surface area contributed by atoms with Gasteiger partial charge in [-0.05, 0) is 25.0 Å². The van der Waals surface area contributed by atoms with E-state index in [-0.39, 0.29) is 12.1 Å². The van der Waals surface area contributed by atoms with Gasteiger partial charge in [-0.15, -0.1) is 0 Å². The van der Waals surface area contributed by atoms with Crippen LogP contribution < -0.4 is 15.4 Å². The van der Waals surface area contributed by atoms with Crippen molar-refractivity contribution in [3.63, 3.8) is 0 Å². The van der Waals surface area contributed by atoms with E-state index in [1.807, 2.05) is 6.92 Å². The number of amides is 2. The third-order valence-electron chi connectivity index (χ3n) is 2.95. The minimum absolute atomic E-state index is 0.127. The minimum atomic E-state index is -1.07. The summed E-state index contributed by atoms with van der Waals surface area (Å²) < 4.78 is 5.14. The van der Waals surface area contributed by atoms with Crippen molar-refractivity contribution >= 4 is 17.7 Å². The number of aliphatic carboxylic acids is 1. The van der Waals surface area contributed by atoms with E-state index >= 15 is 0 Å². The van der Waals surface area contributed by atoms with Gasteiger partial charge in [-0.25, -0.2) is 9.59 Å². The molecule has 1 rings (SSSR count). The third-order valence-corrected chi connectivity index (χ3v) is 2.95. The first-order valence-electron chi connectivity index (χ1n) is 7.07. The fourth-order valence-corrected chi connectivity index (χ4v) is 1.91. The van der Waals surface area contributed by atoms with Gasteiger partial charge < -0.3 is 20.5 Å². The van der Waals surface area contributed by atoms with E-state index in [2.05, 4.69) is 17.6 Å². The number of nitrogens with one attached hydrogen (secondary N) is 2. The number of carbonyl (C=O) groups is 2. The Kier molecular flexibility index (Phi) is 7.08. The molecule has 0 spiro atoms. The van der Waals surface area contributed by atoms with Crippen molar-refractivity contribution in [1.82, 2.24) is 5.32 Å². The fourth-order valence-electron chi connectivity index (χ4n) is 1.91. The lowest BCUT2D eigenvalue weighted by Crippen LogP contribution is -2.37. The fraction of sp³-hybridized carbons (Fsp3) is 0.467. The number of para-hydroxylation sites is 2. The van der Waals surface area contributed by atoms with Crippen LogP contribution in [0.4, 0.5) is 10.5 Å². The number of hydrogen-bond donors (Lipinski definition) is 3. The molecule has 0 aliphatic carbocycles. The molecule has 1 unspecified atom stereocenters. The van der Waals surface area contributed by atoms with Gasteiger partial charge in [0.2, 0.25) is 0 Å². The number of ether oxygens (including phenoxy) is 1. The number of carboxylic acids is 1. The second-order valence-electron chi connectivity index (χ2n) is 4.67. The van der Waals surface area contributed by atoms with Gasteiger partial charge in [-0.1, -0.05) is 32.4 Å². The third kappa shape index (κ3) is 6.16. The molecule has 0 bridgehead atoms. The number of rotatable bonds is 8. The van der Waals surface area contributed by atoms with Crippen molar-refractivity contribution < 1.29 is 19.4 Å². The Hall–Kier alpha value is -2.24. The zero-order valence-electron chi connectivity index (χ0n) is 12.4. The molecule has 116 valence electrons. The van der Waals surface area contributed by atoms with Crippen LogP contribution in [0.2, 0.25) is 0 Å². The zero-order chi connectivity index (χ0) is 15.7. The van der Waals surface area contributed by atoms with Gasteiger partial charge in [-0.2, -0.15) is 0 Å². The molecule has 0 fully saturated rings. The highest BCUT2D eigenvalue weighted by atomic mass is 16.5. The van der Waals surface area contributed by atoms with E-state index in [9.17, 15) is 9.59 Å². The highest BCUT2D eigenvalue weighted by Crippen LogP contribution is 2.23. The second kappa shape index (κ2) is 8.84. The van der Waals surface area contributed by atoms with E-state index in [1.54, 1.807) is 24.3 Å². The number of benzene rings is 1. The quantitative estimate of drug-likeness (QED) is 0.688. The van der Waals surface area contributed by atoms with Crippen molar-refractivity contribution in [3.05, 3.63) is 24.3 Å². The van der Waals surface area contributed by atoms with Crippen molar-refractivity contribution in [1.29, 1.82) is 0 Å². The van der Waals surface area contributed by atoms with Crippen LogP contribution in [0, 0.1) is 0 Å². The summed E-state index contributed by atoms with van der Waals surface area (Å²) in [6.45, 7) is 3.63. The summed E-state index contributed by atoms with van der Waals surface area (Å²) in [5.74, 6) is -0.734. The Bertz CT molecular complexity index is 476. The number of anilines is 1. The number of carboxylic acid groups (broad SMARTS) is 1. The molecule has 3 N–H and O–H groups in total. The molecule has 0 aliphatic rings. The Balaban J connectivity index is 2.64. The summed E-state index contributed by atoms with van der Waals surface area (Å²) in [4.78, 5) is 22.5. The molecular weight excluding hydrogens is 272 g/mol. The normalized spacial score (nSPS) is 11.5. The Labute approximate surface area is 124 Å². The molecule has 21 heavy (non-hydrogen) atoms. The number of hydrogen-bond acceptors (Lipinski definition) is 3. The average Bonchev–Trinajstić information content (AvgIpc) is 2.45. The predicted molar refractivity (Wildman–Crippen MR) is 80.7 cm³/mol. The van der Waals surface area contributed by atoms with Crippen LogP contribution >= 0.6 is 0 Å². The molecular formula is C15H22N2O4. The van der Waals surface area contributed by atoms with Crippen molar-refractivity contribution in [2.45, 2.75) is 39.2 Å². The topological polar surface area (TPSA) is 87.7 Å². The summed E-state index contributed by atoms with van der Waals surface area (Å²) in [5, 5.41) is 14.2. The smallest absolute Gasteiger partial charge is 0.341 e. The van der Waals surface area contributed by atoms with Crippen LogP contribution in [0.5, 0.6) is 5.75 Å². The molecule has 0 aromatic heterocycles. The van der Waals surface area contributed by atoms with Gasteiger partial charge in [0.15, 0.2) is 6.61 Å². The standard InChI is InChI=1S/C15H22N2O4/c1-3-7-11(4-2)16-15(20)17-12-8-5-6-9-13(12)21-10-14(18)19/h5-6,8-9,11H,3-4,7,10H2,1-2H3,(H,18,19)(H2,16,17,20). The summed E-state index contributed by atoms with van der Waals surface area (Å²) in [6.07, 6.45) is 2.77. The van der Waals surface area contributed by atoms with Crippen molar-refractivity contribution in [2.75, 3.05) is 11.9 Å². The first-order chi connectivity index (χ1) is 10.1. The van der Waals surface area contributed by atoms with E-state index < -0.39 is 12.6 Å². The summed E-state index contributed by atoms with van der Waals surface area (Å²) in [7, 11) is 0. The Morgan fingerprint density at radius 3 is 2.62 bits per heavy atom. The molecule has 2 amide bonds. The summed E-state index contributed by atoms with van der Waals surface area (Å²) >= 11 is 0. The predicted octanol–water partition coefficient (Wildman–Crippen LogP) is 2.85. The molecule has 1 aromatic rings. The highest BCUT2D eigenvalue weighted by Gasteiger charge is 2.12. The first kappa shape index (κ1) is 16.8. The van der Waals surface area contributed by atoms with Crippen LogP contribution in [0.25, 0.3) is 0 Å². The van der Waals surface area contributed by atoms with E-state index in [4.69, 9.17) is 9.84 Å². The van der Waals surface area contributed by atoms with Gasteiger partial charge >= 0.3 is 12.0 Å². The SMILES string of the molecule is CCCC(CC)NC(=O)Nc1ccccc1OCC(=O)O. The molecule has 1 aromatic carbocycles. The Morgan fingerprint density at radius 1 is 1.29 bits per heavy atom. The Morgan fingerprint density at radius 2 is 2.00 bits per heavy atom. The molecule has 6 heteroatoms. The van der Waals surface area contributed by atoms with E-state index in [1.165, 1.54) is 0 Å². The number of carbonyl (C=O) groups excluding carboxylic acids is 1. The molecule has 6 nitrogen and oxygen atoms in total. The van der Waals surface area contributed by atoms with E-state index in [0.717, 1.165) is 19.3 Å². The minimum Gasteiger partial charge on any atom is -0.480 e. The highest BCUT2D eigenvalue weighted by molar-refractivity contribution is 5.91. The zero-order valence-corrected chi connectivity index (χ0v) is 12.4. The van der Waals surface area contributed by atoms with E-state index in [0.29, 0.717) is 11.4 Å². The maximum atomic E-state index is 12.0. The molecule has 1 atom stereocenters. The van der Waals surface area contributed by atoms with Crippen LogP contribution in [0.3, 0.4) is 0 Å². The molecule has 0 heterocycles. The molecule has 0 aliphatic heterocycles. The maximum absolute atomic E-state index is 12.0. The van der Waals surface area contributed by atoms with Gasteiger partial charge in [0.1, 0.15) is 5.75 Å². The summed E-state index contributed by atoms with van der Waals surface area (Å²) in [6, 6.07) is 6.54. The number of urea groups is 1. The molecule has 0 radical (unpaired) electrons. The van der Waals surface area contributed by atoms with Crippen molar-refractivity contribution in [2.24, 2.45) is 0 Å². The van der Waals surface area contributed by atoms with Gasteiger partial charge in [0.05, 0.1) is 5.69 Å². The van der Waals surface area contributed by atoms with Crippen LogP contribution in [0.15, 0.2) is 24.3 Å². The van der Waals surface area contributed by atoms with Gasteiger partial charge in [-0.3, -0.25) is 0 Å². The maximum Gasteiger partial charge on any atom is 0.341 e. The van der Waals surface area contributed by atoms with Crippen LogP contribution in [-0.2, 0) is 4.79 Å². The second-order valence-corrected chi connectivity index (χ2v) is 4.67. The monoisotopic (exact) mass is 294 g/mol. The van der Waals surface area contributed by atoms with Crippen LogP contribution in [-0.4, -0.2) is 29.8 Å². The summed E-state index contributed by atoms with van der Waals surface area (Å²) in [5.41, 5.74) is 0.447. The largest absolute Gasteiger partial charge is 0.480 e. The van der Waals surface area contributed by atoms with Gasteiger partial charge in [0, 0.05) is 6.04 Å². The van der Waals surface area contributed by atoms with Crippen molar-refractivity contribution in [3.8, 4) is 5.75 Å². The lowest BCUT2D eigenvalue weighted by Gasteiger charge is -2.17. The molecule has 0 saturated carbocycles. The lowest BCUT2D eigenvalue weighted by molar-refractivity contribution is -0.139. The van der Waals surface area contributed by atoms with Gasteiger partial charge in [0.25, 0.3) is 0 Å². The lowest BCUT2D eigenvalue weighted by atomic mass is 10.1.